The minimum atomic E-state index is -0.341. The van der Waals surface area contributed by atoms with Crippen molar-refractivity contribution in [1.82, 2.24) is 5.32 Å². The first-order chi connectivity index (χ1) is 9.97. The van der Waals surface area contributed by atoms with E-state index in [0.29, 0.717) is 12.1 Å². The Bertz CT molecular complexity index is 596. The first kappa shape index (κ1) is 15.3. The summed E-state index contributed by atoms with van der Waals surface area (Å²) in [5.74, 6) is -0.230. The molecule has 0 spiro atoms. The third-order valence-corrected chi connectivity index (χ3v) is 3.52. The number of hydrogen-bond acceptors (Lipinski definition) is 3. The van der Waals surface area contributed by atoms with Crippen LogP contribution in [0.5, 0.6) is 5.75 Å². The van der Waals surface area contributed by atoms with E-state index in [4.69, 9.17) is 0 Å². The highest BCUT2D eigenvalue weighted by atomic mass is 19.1. The maximum atomic E-state index is 13.2. The summed E-state index contributed by atoms with van der Waals surface area (Å²) in [6.07, 6.45) is 0. The monoisotopic (exact) mass is 288 g/mol. The molecule has 0 radical (unpaired) electrons. The molecule has 2 aromatic carbocycles. The molecule has 0 aliphatic rings. The Labute approximate surface area is 125 Å². The largest absolute Gasteiger partial charge is 0.508 e. The zero-order valence-corrected chi connectivity index (χ0v) is 12.6. The quantitative estimate of drug-likeness (QED) is 0.884. The van der Waals surface area contributed by atoms with E-state index in [0.717, 1.165) is 11.3 Å². The van der Waals surface area contributed by atoms with Gasteiger partial charge >= 0.3 is 0 Å². The lowest BCUT2D eigenvalue weighted by Crippen LogP contribution is -2.18. The van der Waals surface area contributed by atoms with Crippen LogP contribution in [0.15, 0.2) is 42.5 Å². The molecule has 2 aromatic rings. The van der Waals surface area contributed by atoms with E-state index < -0.39 is 0 Å². The van der Waals surface area contributed by atoms with Crippen LogP contribution in [0.25, 0.3) is 0 Å². The summed E-state index contributed by atoms with van der Waals surface area (Å²) in [4.78, 5) is 2.05. The smallest absolute Gasteiger partial charge is 0.123 e. The second-order valence-corrected chi connectivity index (χ2v) is 5.37. The fraction of sp³-hybridized carbons (Fsp3) is 0.294. The number of phenols is 1. The average molecular weight is 288 g/mol. The number of aromatic hydroxyl groups is 1. The highest BCUT2D eigenvalue weighted by molar-refractivity contribution is 5.46. The van der Waals surface area contributed by atoms with Crippen molar-refractivity contribution < 1.29 is 9.50 Å². The zero-order chi connectivity index (χ0) is 15.4. The van der Waals surface area contributed by atoms with Crippen molar-refractivity contribution in [2.75, 3.05) is 19.0 Å². The van der Waals surface area contributed by atoms with Gasteiger partial charge in [-0.25, -0.2) is 4.39 Å². The molecule has 0 heterocycles. The van der Waals surface area contributed by atoms with Gasteiger partial charge in [-0.1, -0.05) is 12.1 Å². The first-order valence-corrected chi connectivity index (χ1v) is 6.95. The average Bonchev–Trinajstić information content (AvgIpc) is 2.47. The van der Waals surface area contributed by atoms with Crippen LogP contribution in [0.3, 0.4) is 0 Å². The Morgan fingerprint density at radius 3 is 2.43 bits per heavy atom. The van der Waals surface area contributed by atoms with Crippen LogP contribution in [0.2, 0.25) is 0 Å². The Kier molecular flexibility index (Phi) is 4.81. The van der Waals surface area contributed by atoms with Gasteiger partial charge < -0.3 is 15.3 Å². The van der Waals surface area contributed by atoms with E-state index >= 15 is 0 Å². The van der Waals surface area contributed by atoms with Gasteiger partial charge in [0.25, 0.3) is 0 Å². The molecule has 0 amide bonds. The third-order valence-electron chi connectivity index (χ3n) is 3.52. The Balaban J connectivity index is 2.00. The summed E-state index contributed by atoms with van der Waals surface area (Å²) < 4.78 is 13.2. The van der Waals surface area contributed by atoms with Crippen molar-refractivity contribution in [3.63, 3.8) is 0 Å². The van der Waals surface area contributed by atoms with Crippen LogP contribution in [0.1, 0.15) is 24.1 Å². The summed E-state index contributed by atoms with van der Waals surface area (Å²) in [6.45, 7) is 2.56. The molecule has 0 saturated carbocycles. The molecule has 1 unspecified atom stereocenters. The molecule has 0 bridgehead atoms. The number of anilines is 1. The van der Waals surface area contributed by atoms with Gasteiger partial charge in [-0.05, 0) is 42.8 Å². The molecule has 0 aromatic heterocycles. The van der Waals surface area contributed by atoms with Crippen molar-refractivity contribution in [2.24, 2.45) is 0 Å². The van der Waals surface area contributed by atoms with Gasteiger partial charge in [-0.3, -0.25) is 0 Å². The molecule has 3 nitrogen and oxygen atoms in total. The van der Waals surface area contributed by atoms with Crippen molar-refractivity contribution >= 4 is 5.69 Å². The van der Waals surface area contributed by atoms with Gasteiger partial charge in [0, 0.05) is 37.9 Å². The summed E-state index contributed by atoms with van der Waals surface area (Å²) in [5, 5.41) is 13.1. The Morgan fingerprint density at radius 1 is 1.14 bits per heavy atom. The van der Waals surface area contributed by atoms with Crippen LogP contribution in [0.4, 0.5) is 10.1 Å². The highest BCUT2D eigenvalue weighted by Gasteiger charge is 2.11. The normalized spacial score (nSPS) is 12.2. The van der Waals surface area contributed by atoms with Gasteiger partial charge in [0.2, 0.25) is 0 Å². The minimum absolute atomic E-state index is 0.111. The molecule has 21 heavy (non-hydrogen) atoms. The van der Waals surface area contributed by atoms with Gasteiger partial charge in [0.05, 0.1) is 0 Å². The number of rotatable bonds is 5. The van der Waals surface area contributed by atoms with Crippen molar-refractivity contribution in [1.29, 1.82) is 0 Å². The van der Waals surface area contributed by atoms with Crippen molar-refractivity contribution in [2.45, 2.75) is 19.5 Å². The van der Waals surface area contributed by atoms with Crippen LogP contribution in [-0.4, -0.2) is 19.2 Å². The van der Waals surface area contributed by atoms with Gasteiger partial charge in [-0.2, -0.15) is 0 Å². The van der Waals surface area contributed by atoms with Gasteiger partial charge in [-0.15, -0.1) is 0 Å². The zero-order valence-electron chi connectivity index (χ0n) is 12.6. The molecule has 0 fully saturated rings. The van der Waals surface area contributed by atoms with E-state index in [1.165, 1.54) is 18.2 Å². The molecule has 0 aliphatic heterocycles. The Hall–Kier alpha value is -2.07. The van der Waals surface area contributed by atoms with Crippen molar-refractivity contribution in [3.8, 4) is 5.75 Å². The molecule has 1 atom stereocenters. The molecule has 2 rings (SSSR count). The standard InChI is InChI=1S/C17H21FN2O/c1-12(16-10-14(18)6-9-17(16)21)19-11-13-4-7-15(8-5-13)20(2)3/h4-10,12,19,21H,11H2,1-3H3. The highest BCUT2D eigenvalue weighted by Crippen LogP contribution is 2.25. The number of nitrogens with one attached hydrogen (secondary N) is 1. The third kappa shape index (κ3) is 3.95. The fourth-order valence-corrected chi connectivity index (χ4v) is 2.17. The SMILES string of the molecule is CC(NCc1ccc(N(C)C)cc1)c1cc(F)ccc1O. The number of halogens is 1. The maximum absolute atomic E-state index is 13.2. The van der Waals surface area contributed by atoms with Crippen LogP contribution in [0, 0.1) is 5.82 Å². The first-order valence-electron chi connectivity index (χ1n) is 6.95. The number of benzene rings is 2. The number of nitrogens with zero attached hydrogens (tertiary/aromatic N) is 1. The summed E-state index contributed by atoms with van der Waals surface area (Å²) in [6, 6.07) is 12.1. The lowest BCUT2D eigenvalue weighted by Gasteiger charge is -2.17. The van der Waals surface area contributed by atoms with Crippen LogP contribution >= 0.6 is 0 Å². The summed E-state index contributed by atoms with van der Waals surface area (Å²) in [7, 11) is 4.00. The topological polar surface area (TPSA) is 35.5 Å². The second-order valence-electron chi connectivity index (χ2n) is 5.37. The molecular formula is C17H21FN2O. The van der Waals surface area contributed by atoms with Crippen LogP contribution < -0.4 is 10.2 Å². The van der Waals surface area contributed by atoms with Crippen molar-refractivity contribution in [3.05, 3.63) is 59.4 Å². The maximum Gasteiger partial charge on any atom is 0.123 e. The van der Waals surface area contributed by atoms with Crippen LogP contribution in [-0.2, 0) is 6.54 Å². The molecule has 4 heteroatoms. The van der Waals surface area contributed by atoms with Gasteiger partial charge in [0.15, 0.2) is 0 Å². The lowest BCUT2D eigenvalue weighted by molar-refractivity contribution is 0.449. The molecule has 112 valence electrons. The predicted octanol–water partition coefficient (Wildman–Crippen LogP) is 3.45. The van der Waals surface area contributed by atoms with E-state index in [-0.39, 0.29) is 17.6 Å². The predicted molar refractivity (Wildman–Crippen MR) is 84.1 cm³/mol. The number of hydrogen-bond donors (Lipinski definition) is 2. The van der Waals surface area contributed by atoms with Gasteiger partial charge in [0.1, 0.15) is 11.6 Å². The lowest BCUT2D eigenvalue weighted by atomic mass is 10.1. The minimum Gasteiger partial charge on any atom is -0.508 e. The Morgan fingerprint density at radius 2 is 1.81 bits per heavy atom. The van der Waals surface area contributed by atoms with E-state index in [9.17, 15) is 9.50 Å². The molecule has 2 N–H and O–H groups in total. The van der Waals surface area contributed by atoms with E-state index in [1.807, 2.05) is 25.9 Å². The number of phenolic OH excluding ortho intramolecular Hbond substituents is 1. The second kappa shape index (κ2) is 6.59. The summed E-state index contributed by atoms with van der Waals surface area (Å²) >= 11 is 0. The molecule has 0 saturated heterocycles. The molecular weight excluding hydrogens is 267 g/mol. The van der Waals surface area contributed by atoms with E-state index in [1.54, 1.807) is 0 Å². The van der Waals surface area contributed by atoms with E-state index in [2.05, 4.69) is 29.6 Å². The molecule has 0 aliphatic carbocycles. The fourth-order valence-electron chi connectivity index (χ4n) is 2.17. The summed E-state index contributed by atoms with van der Waals surface area (Å²) in [5.41, 5.74) is 2.86.